The SMILES string of the molecule is N#CC(C#N)=c1c2sc3ccccc3c2c(=C(C#N)C#N)c2sc3ccccc3c12. The van der Waals surface area contributed by atoms with Crippen molar-refractivity contribution in [2.45, 2.75) is 0 Å². The third kappa shape index (κ3) is 2.27. The predicted molar refractivity (Wildman–Crippen MR) is 121 cm³/mol. The molecule has 0 radical (unpaired) electrons. The van der Waals surface area contributed by atoms with Gasteiger partial charge in [0.15, 0.2) is 0 Å². The van der Waals surface area contributed by atoms with E-state index in [1.54, 1.807) is 0 Å². The Bertz CT molecular complexity index is 1670. The first-order chi connectivity index (χ1) is 14.7. The van der Waals surface area contributed by atoms with Gasteiger partial charge in [-0.1, -0.05) is 36.4 Å². The standard InChI is InChI=1S/C24H8N4S2/c25-9-13(10-26)19-21-15-5-1-3-7-17(15)29-23(21)20(14(11-27)12-28)22-16-6-2-4-8-18(16)30-24(19)22/h1-8H. The Hall–Kier alpha value is -4.20. The molecule has 0 saturated carbocycles. The molecule has 0 N–H and O–H groups in total. The van der Waals surface area contributed by atoms with Crippen LogP contribution in [0.3, 0.4) is 0 Å². The molecule has 0 saturated heterocycles. The smallest absolute Gasteiger partial charge is 0.138 e. The number of rotatable bonds is 0. The van der Waals surface area contributed by atoms with Gasteiger partial charge in [0, 0.05) is 50.8 Å². The molecule has 0 aliphatic carbocycles. The normalized spacial score (nSPS) is 10.5. The summed E-state index contributed by atoms with van der Waals surface area (Å²) < 4.78 is 3.46. The molecule has 2 heterocycles. The maximum Gasteiger partial charge on any atom is 0.138 e. The molecule has 5 aromatic rings. The fraction of sp³-hybridized carbons (Fsp3) is 0. The van der Waals surface area contributed by atoms with Crippen molar-refractivity contribution in [2.24, 2.45) is 0 Å². The van der Waals surface area contributed by atoms with Crippen LogP contribution in [0.2, 0.25) is 0 Å². The Morgan fingerprint density at radius 3 is 1.30 bits per heavy atom. The zero-order valence-corrected chi connectivity index (χ0v) is 16.9. The van der Waals surface area contributed by atoms with Gasteiger partial charge in [0.2, 0.25) is 0 Å². The number of thiophene rings is 2. The summed E-state index contributed by atoms with van der Waals surface area (Å²) in [5, 5.41) is 43.5. The molecule has 0 amide bonds. The maximum absolute atomic E-state index is 9.74. The van der Waals surface area contributed by atoms with Crippen LogP contribution in [0.4, 0.5) is 0 Å². The molecule has 0 aliphatic rings. The van der Waals surface area contributed by atoms with Gasteiger partial charge in [0.25, 0.3) is 0 Å². The minimum Gasteiger partial charge on any atom is -0.192 e. The van der Waals surface area contributed by atoms with Crippen LogP contribution in [-0.2, 0) is 0 Å². The van der Waals surface area contributed by atoms with E-state index in [0.29, 0.717) is 10.4 Å². The Balaban J connectivity index is 2.38. The monoisotopic (exact) mass is 416 g/mol. The van der Waals surface area contributed by atoms with Crippen LogP contribution >= 0.6 is 22.7 Å². The van der Waals surface area contributed by atoms with Crippen LogP contribution < -0.4 is 10.4 Å². The van der Waals surface area contributed by atoms with E-state index in [2.05, 4.69) is 24.3 Å². The quantitative estimate of drug-likeness (QED) is 0.362. The predicted octanol–water partition coefficient (Wildman–Crippen LogP) is 4.82. The molecule has 0 atom stereocenters. The van der Waals surface area contributed by atoms with E-state index in [9.17, 15) is 21.0 Å². The Labute approximate surface area is 178 Å². The molecular formula is C24H8N4S2. The average Bonchev–Trinajstić information content (AvgIpc) is 3.35. The van der Waals surface area contributed by atoms with Crippen LogP contribution in [0.5, 0.6) is 0 Å². The molecule has 3 aromatic carbocycles. The van der Waals surface area contributed by atoms with Gasteiger partial charge in [0.1, 0.15) is 35.4 Å². The first kappa shape index (κ1) is 17.9. The third-order valence-electron chi connectivity index (χ3n) is 5.09. The summed E-state index contributed by atoms with van der Waals surface area (Å²) in [5.74, 6) is 0. The van der Waals surface area contributed by atoms with Crippen molar-refractivity contribution >= 4 is 74.2 Å². The lowest BCUT2D eigenvalue weighted by Gasteiger charge is -2.02. The summed E-state index contributed by atoms with van der Waals surface area (Å²) in [6.07, 6.45) is 0. The molecule has 0 aliphatic heterocycles. The van der Waals surface area contributed by atoms with E-state index in [-0.39, 0.29) is 11.1 Å². The molecule has 4 nitrogen and oxygen atoms in total. The van der Waals surface area contributed by atoms with Crippen LogP contribution in [0, 0.1) is 45.3 Å². The molecule has 0 unspecified atom stereocenters. The second kappa shape index (κ2) is 6.70. The summed E-state index contributed by atoms with van der Waals surface area (Å²) in [7, 11) is 0. The van der Waals surface area contributed by atoms with E-state index >= 15 is 0 Å². The second-order valence-electron chi connectivity index (χ2n) is 6.55. The highest BCUT2D eigenvalue weighted by Crippen LogP contribution is 2.36. The van der Waals surface area contributed by atoms with Crippen molar-refractivity contribution < 1.29 is 0 Å². The lowest BCUT2D eigenvalue weighted by molar-refractivity contribution is 1.50. The third-order valence-corrected chi connectivity index (χ3v) is 7.47. The first-order valence-electron chi connectivity index (χ1n) is 8.87. The lowest BCUT2D eigenvalue weighted by atomic mass is 9.99. The van der Waals surface area contributed by atoms with E-state index < -0.39 is 0 Å². The van der Waals surface area contributed by atoms with E-state index in [0.717, 1.165) is 40.3 Å². The maximum atomic E-state index is 9.74. The zero-order valence-electron chi connectivity index (χ0n) is 15.2. The molecular weight excluding hydrogens is 408 g/mol. The fourth-order valence-electron chi connectivity index (χ4n) is 3.92. The molecule has 2 aromatic heterocycles. The molecule has 30 heavy (non-hydrogen) atoms. The molecule has 5 rings (SSSR count). The van der Waals surface area contributed by atoms with Crippen molar-refractivity contribution in [1.82, 2.24) is 0 Å². The topological polar surface area (TPSA) is 95.2 Å². The van der Waals surface area contributed by atoms with Crippen LogP contribution in [0.1, 0.15) is 0 Å². The first-order valence-corrected chi connectivity index (χ1v) is 10.5. The molecule has 6 heteroatoms. The molecule has 136 valence electrons. The number of benzene rings is 3. The van der Waals surface area contributed by atoms with Gasteiger partial charge >= 0.3 is 0 Å². The lowest BCUT2D eigenvalue weighted by Crippen LogP contribution is -2.15. The largest absolute Gasteiger partial charge is 0.192 e. The summed E-state index contributed by atoms with van der Waals surface area (Å²) in [6, 6.07) is 23.7. The van der Waals surface area contributed by atoms with Gasteiger partial charge in [-0.05, 0) is 12.1 Å². The number of hydrogen-bond acceptors (Lipinski definition) is 6. The van der Waals surface area contributed by atoms with Crippen molar-refractivity contribution in [1.29, 1.82) is 21.0 Å². The number of nitrogens with zero attached hydrogens (tertiary/aromatic N) is 4. The van der Waals surface area contributed by atoms with Crippen LogP contribution in [0.25, 0.3) is 51.5 Å². The molecule has 0 fully saturated rings. The summed E-state index contributed by atoms with van der Waals surface area (Å²) in [4.78, 5) is 0. The number of fused-ring (bicyclic) bond motifs is 6. The Morgan fingerprint density at radius 2 is 0.933 bits per heavy atom. The van der Waals surface area contributed by atoms with E-state index in [1.807, 2.05) is 48.5 Å². The minimum atomic E-state index is 0.0297. The highest BCUT2D eigenvalue weighted by molar-refractivity contribution is 7.27. The van der Waals surface area contributed by atoms with Gasteiger partial charge in [-0.3, -0.25) is 0 Å². The number of nitriles is 4. The van der Waals surface area contributed by atoms with Crippen molar-refractivity contribution in [3.05, 3.63) is 59.0 Å². The highest BCUT2D eigenvalue weighted by Gasteiger charge is 2.20. The van der Waals surface area contributed by atoms with Gasteiger partial charge in [-0.2, -0.15) is 21.0 Å². The van der Waals surface area contributed by atoms with Gasteiger partial charge < -0.3 is 0 Å². The Morgan fingerprint density at radius 1 is 0.567 bits per heavy atom. The Kier molecular flexibility index (Phi) is 3.99. The second-order valence-corrected chi connectivity index (χ2v) is 8.66. The van der Waals surface area contributed by atoms with E-state index in [4.69, 9.17) is 0 Å². The van der Waals surface area contributed by atoms with Crippen LogP contribution in [0.15, 0.2) is 48.5 Å². The van der Waals surface area contributed by atoms with Crippen LogP contribution in [-0.4, -0.2) is 0 Å². The summed E-state index contributed by atoms with van der Waals surface area (Å²) in [6.45, 7) is 0. The minimum absolute atomic E-state index is 0.0297. The van der Waals surface area contributed by atoms with Crippen molar-refractivity contribution in [3.63, 3.8) is 0 Å². The summed E-state index contributed by atoms with van der Waals surface area (Å²) >= 11 is 2.95. The van der Waals surface area contributed by atoms with Gasteiger partial charge in [-0.15, -0.1) is 22.7 Å². The van der Waals surface area contributed by atoms with E-state index in [1.165, 1.54) is 22.7 Å². The molecule has 0 spiro atoms. The van der Waals surface area contributed by atoms with Crippen molar-refractivity contribution in [2.75, 3.05) is 0 Å². The number of hydrogen-bond donors (Lipinski definition) is 0. The van der Waals surface area contributed by atoms with Gasteiger partial charge in [-0.25, -0.2) is 0 Å². The molecule has 0 bridgehead atoms. The highest BCUT2D eigenvalue weighted by atomic mass is 32.1. The fourth-order valence-corrected chi connectivity index (χ4v) is 6.45. The zero-order chi connectivity index (χ0) is 20.8. The van der Waals surface area contributed by atoms with Gasteiger partial charge in [0.05, 0.1) is 0 Å². The van der Waals surface area contributed by atoms with Crippen molar-refractivity contribution in [3.8, 4) is 24.3 Å². The average molecular weight is 416 g/mol. The summed E-state index contributed by atoms with van der Waals surface area (Å²) in [5.41, 5.74) is 0.0595.